The molecule has 2 amide bonds. The van der Waals surface area contributed by atoms with Gasteiger partial charge in [-0.05, 0) is 72.7 Å². The molecule has 0 aromatic heterocycles. The molecule has 0 saturated heterocycles. The van der Waals surface area contributed by atoms with Crippen molar-refractivity contribution in [3.63, 3.8) is 0 Å². The van der Waals surface area contributed by atoms with Crippen molar-refractivity contribution in [2.75, 3.05) is 17.2 Å². The van der Waals surface area contributed by atoms with Gasteiger partial charge in [-0.15, -0.1) is 0 Å². The number of ether oxygens (including phenoxy) is 3. The van der Waals surface area contributed by atoms with Crippen LogP contribution in [0.25, 0.3) is 0 Å². The van der Waals surface area contributed by atoms with E-state index in [4.69, 9.17) is 9.47 Å². The second-order valence-corrected chi connectivity index (χ2v) is 9.39. The summed E-state index contributed by atoms with van der Waals surface area (Å²) in [6, 6.07) is 4.93. The SMILES string of the molecule is CC(C)(C)OC(=O)Nc1ccc(F)c(F)c1.CCOC(=O)c1c(NC(=O)OC(C)(C)C)ccc(F)c1F. The Morgan fingerprint density at radius 3 is 1.76 bits per heavy atom. The van der Waals surface area contributed by atoms with Crippen LogP contribution < -0.4 is 10.6 Å². The fraction of sp³-hybridized carbons (Fsp3) is 0.400. The first-order chi connectivity index (χ1) is 16.9. The summed E-state index contributed by atoms with van der Waals surface area (Å²) in [6.07, 6.45) is -1.60. The normalized spacial score (nSPS) is 11.0. The molecule has 0 aliphatic carbocycles. The lowest BCUT2D eigenvalue weighted by Gasteiger charge is -2.20. The van der Waals surface area contributed by atoms with E-state index in [0.717, 1.165) is 24.3 Å². The summed E-state index contributed by atoms with van der Waals surface area (Å²) in [4.78, 5) is 34.6. The second-order valence-electron chi connectivity index (χ2n) is 9.39. The third-order valence-electron chi connectivity index (χ3n) is 3.77. The van der Waals surface area contributed by atoms with E-state index in [0.29, 0.717) is 0 Å². The zero-order valence-electron chi connectivity index (χ0n) is 21.6. The fourth-order valence-electron chi connectivity index (χ4n) is 2.47. The Morgan fingerprint density at radius 1 is 0.757 bits per heavy atom. The number of hydrogen-bond donors (Lipinski definition) is 2. The Labute approximate surface area is 212 Å². The molecule has 0 bridgehead atoms. The van der Waals surface area contributed by atoms with Crippen LogP contribution in [0.2, 0.25) is 0 Å². The number of benzene rings is 2. The van der Waals surface area contributed by atoms with Gasteiger partial charge < -0.3 is 14.2 Å². The first-order valence-corrected chi connectivity index (χ1v) is 11.0. The molecule has 2 rings (SSSR count). The molecule has 0 spiro atoms. The third kappa shape index (κ3) is 11.2. The molecule has 0 aliphatic heterocycles. The highest BCUT2D eigenvalue weighted by Gasteiger charge is 2.24. The van der Waals surface area contributed by atoms with Gasteiger partial charge in [-0.3, -0.25) is 10.6 Å². The number of halogens is 4. The van der Waals surface area contributed by atoms with Crippen molar-refractivity contribution in [1.29, 1.82) is 0 Å². The molecule has 37 heavy (non-hydrogen) atoms. The molecule has 12 heteroatoms. The predicted octanol–water partition coefficient (Wildman–Crippen LogP) is 6.80. The number of rotatable bonds is 4. The maximum atomic E-state index is 13.8. The standard InChI is InChI=1S/C14H17F2NO4.C11H13F2NO2/c1-5-20-12(18)10-9(7-6-8(15)11(10)16)17-13(19)21-14(2,3)4;1-11(2,3)16-10(15)14-7-4-5-8(12)9(13)6-7/h6-7H,5H2,1-4H3,(H,17,19);4-6H,1-3H3,(H,14,15). The lowest BCUT2D eigenvalue weighted by atomic mass is 10.1. The molecule has 0 atom stereocenters. The van der Waals surface area contributed by atoms with E-state index in [1.54, 1.807) is 41.5 Å². The summed E-state index contributed by atoms with van der Waals surface area (Å²) in [7, 11) is 0. The largest absolute Gasteiger partial charge is 0.462 e. The predicted molar refractivity (Wildman–Crippen MR) is 128 cm³/mol. The van der Waals surface area contributed by atoms with Crippen LogP contribution in [0, 0.1) is 23.3 Å². The highest BCUT2D eigenvalue weighted by molar-refractivity contribution is 6.00. The maximum absolute atomic E-state index is 13.8. The van der Waals surface area contributed by atoms with Gasteiger partial charge in [0.15, 0.2) is 23.3 Å². The van der Waals surface area contributed by atoms with E-state index < -0.39 is 58.2 Å². The van der Waals surface area contributed by atoms with Crippen molar-refractivity contribution >= 4 is 29.5 Å². The van der Waals surface area contributed by atoms with Crippen molar-refractivity contribution in [2.24, 2.45) is 0 Å². The van der Waals surface area contributed by atoms with Crippen LogP contribution in [0.5, 0.6) is 0 Å². The topological polar surface area (TPSA) is 103 Å². The van der Waals surface area contributed by atoms with Crippen molar-refractivity contribution in [1.82, 2.24) is 0 Å². The Bertz CT molecular complexity index is 1130. The van der Waals surface area contributed by atoms with Crippen molar-refractivity contribution < 1.29 is 46.2 Å². The molecule has 0 unspecified atom stereocenters. The summed E-state index contributed by atoms with van der Waals surface area (Å²) in [5.41, 5.74) is -2.16. The second kappa shape index (κ2) is 12.9. The fourth-order valence-corrected chi connectivity index (χ4v) is 2.47. The van der Waals surface area contributed by atoms with Crippen molar-refractivity contribution in [3.05, 3.63) is 59.2 Å². The molecule has 0 radical (unpaired) electrons. The lowest BCUT2D eigenvalue weighted by Crippen LogP contribution is -2.28. The van der Waals surface area contributed by atoms with Crippen molar-refractivity contribution in [2.45, 2.75) is 59.7 Å². The number of hydrogen-bond acceptors (Lipinski definition) is 6. The molecule has 2 aromatic carbocycles. The van der Waals surface area contributed by atoms with Crippen LogP contribution >= 0.6 is 0 Å². The monoisotopic (exact) mass is 530 g/mol. The molecule has 8 nitrogen and oxygen atoms in total. The summed E-state index contributed by atoms with van der Waals surface area (Å²) < 4.78 is 67.0. The lowest BCUT2D eigenvalue weighted by molar-refractivity contribution is 0.0520. The van der Waals surface area contributed by atoms with Gasteiger partial charge in [0.05, 0.1) is 12.3 Å². The third-order valence-corrected chi connectivity index (χ3v) is 3.77. The van der Waals surface area contributed by atoms with E-state index in [9.17, 15) is 31.9 Å². The number of carbonyl (C=O) groups is 3. The number of anilines is 2. The zero-order chi connectivity index (χ0) is 28.6. The van der Waals surface area contributed by atoms with Gasteiger partial charge in [-0.25, -0.2) is 31.9 Å². The van der Waals surface area contributed by atoms with Gasteiger partial charge in [-0.1, -0.05) is 0 Å². The number of carbonyl (C=O) groups excluding carboxylic acids is 3. The molecule has 0 fully saturated rings. The Balaban J connectivity index is 0.000000384. The maximum Gasteiger partial charge on any atom is 0.412 e. The number of nitrogens with one attached hydrogen (secondary N) is 2. The highest BCUT2D eigenvalue weighted by Crippen LogP contribution is 2.23. The van der Waals surface area contributed by atoms with E-state index >= 15 is 0 Å². The Hall–Kier alpha value is -3.83. The minimum Gasteiger partial charge on any atom is -0.462 e. The van der Waals surface area contributed by atoms with E-state index in [2.05, 4.69) is 15.4 Å². The molecule has 0 heterocycles. The summed E-state index contributed by atoms with van der Waals surface area (Å²) in [5.74, 6) is -5.65. The summed E-state index contributed by atoms with van der Waals surface area (Å²) in [5, 5.41) is 4.50. The molecular formula is C25H30F4N2O6. The van der Waals surface area contributed by atoms with E-state index in [1.165, 1.54) is 13.0 Å². The number of amides is 2. The van der Waals surface area contributed by atoms with Gasteiger partial charge in [0.25, 0.3) is 0 Å². The van der Waals surface area contributed by atoms with E-state index in [1.807, 2.05) is 0 Å². The van der Waals surface area contributed by atoms with Gasteiger partial charge in [0.2, 0.25) is 0 Å². The van der Waals surface area contributed by atoms with Crippen LogP contribution in [0.1, 0.15) is 58.8 Å². The smallest absolute Gasteiger partial charge is 0.412 e. The summed E-state index contributed by atoms with van der Waals surface area (Å²) >= 11 is 0. The minimum absolute atomic E-state index is 0.0132. The van der Waals surface area contributed by atoms with Gasteiger partial charge in [0, 0.05) is 11.8 Å². The first-order valence-electron chi connectivity index (χ1n) is 11.0. The van der Waals surface area contributed by atoms with E-state index in [-0.39, 0.29) is 18.0 Å². The zero-order valence-corrected chi connectivity index (χ0v) is 21.6. The van der Waals surface area contributed by atoms with Gasteiger partial charge in [-0.2, -0.15) is 0 Å². The number of esters is 1. The molecule has 0 saturated carbocycles. The minimum atomic E-state index is -1.39. The van der Waals surface area contributed by atoms with Crippen LogP contribution in [-0.2, 0) is 14.2 Å². The van der Waals surface area contributed by atoms with Crippen LogP contribution in [-0.4, -0.2) is 36.0 Å². The molecule has 2 N–H and O–H groups in total. The Kier molecular flexibility index (Phi) is 10.9. The molecule has 204 valence electrons. The van der Waals surface area contributed by atoms with Crippen LogP contribution in [0.15, 0.2) is 30.3 Å². The van der Waals surface area contributed by atoms with Gasteiger partial charge in [0.1, 0.15) is 16.8 Å². The van der Waals surface area contributed by atoms with Gasteiger partial charge >= 0.3 is 18.2 Å². The van der Waals surface area contributed by atoms with Crippen LogP contribution in [0.3, 0.4) is 0 Å². The summed E-state index contributed by atoms with van der Waals surface area (Å²) in [6.45, 7) is 11.6. The Morgan fingerprint density at radius 2 is 1.27 bits per heavy atom. The first kappa shape index (κ1) is 31.2. The average molecular weight is 531 g/mol. The highest BCUT2D eigenvalue weighted by atomic mass is 19.2. The molecule has 2 aromatic rings. The molecular weight excluding hydrogens is 500 g/mol. The average Bonchev–Trinajstić information content (AvgIpc) is 2.71. The molecule has 0 aliphatic rings. The quantitative estimate of drug-likeness (QED) is 0.256. The van der Waals surface area contributed by atoms with Crippen LogP contribution in [0.4, 0.5) is 38.5 Å². The van der Waals surface area contributed by atoms with Crippen molar-refractivity contribution in [3.8, 4) is 0 Å².